The van der Waals surface area contributed by atoms with Crippen LogP contribution in [0.2, 0.25) is 0 Å². The van der Waals surface area contributed by atoms with Crippen LogP contribution in [0.1, 0.15) is 52.9 Å². The van der Waals surface area contributed by atoms with Gasteiger partial charge in [0.05, 0.1) is 6.54 Å². The van der Waals surface area contributed by atoms with Crippen LogP contribution >= 0.6 is 0 Å². The summed E-state index contributed by atoms with van der Waals surface area (Å²) in [5.74, 6) is 7.18. The summed E-state index contributed by atoms with van der Waals surface area (Å²) in [5, 5.41) is 6.83. The average Bonchev–Trinajstić information content (AvgIpc) is 3.44. The maximum atomic E-state index is 13.0. The van der Waals surface area contributed by atoms with E-state index in [1.54, 1.807) is 24.3 Å². The summed E-state index contributed by atoms with van der Waals surface area (Å²) in [6.45, 7) is 2.19. The van der Waals surface area contributed by atoms with E-state index in [4.69, 9.17) is 4.52 Å². The predicted molar refractivity (Wildman–Crippen MR) is 113 cm³/mol. The average molecular weight is 402 g/mol. The topological polar surface area (TPSA) is 55.1 Å². The fourth-order valence-corrected chi connectivity index (χ4v) is 3.62. The van der Waals surface area contributed by atoms with Gasteiger partial charge in [-0.2, -0.15) is 0 Å². The molecule has 1 heterocycles. The molecule has 1 fully saturated rings. The molecule has 0 unspecified atom stereocenters. The van der Waals surface area contributed by atoms with E-state index in [0.29, 0.717) is 22.9 Å². The second-order valence-corrected chi connectivity index (χ2v) is 7.65. The first-order chi connectivity index (χ1) is 14.6. The van der Waals surface area contributed by atoms with Crippen LogP contribution in [0.25, 0.3) is 11.3 Å². The van der Waals surface area contributed by atoms with Crippen LogP contribution in [0, 0.1) is 30.5 Å². The van der Waals surface area contributed by atoms with Crippen molar-refractivity contribution in [2.75, 3.05) is 0 Å². The van der Waals surface area contributed by atoms with Crippen LogP contribution in [0.4, 0.5) is 4.39 Å². The molecule has 1 saturated carbocycles. The maximum absolute atomic E-state index is 13.0. The quantitative estimate of drug-likeness (QED) is 0.606. The molecule has 3 aromatic rings. The van der Waals surface area contributed by atoms with E-state index >= 15 is 0 Å². The number of hydrogen-bond acceptors (Lipinski definition) is 3. The lowest BCUT2D eigenvalue weighted by molar-refractivity contribution is 0.0947. The van der Waals surface area contributed by atoms with Crippen molar-refractivity contribution in [3.63, 3.8) is 0 Å². The van der Waals surface area contributed by atoms with Crippen molar-refractivity contribution in [2.45, 2.75) is 39.2 Å². The number of rotatable bonds is 4. The summed E-state index contributed by atoms with van der Waals surface area (Å²) in [6, 6.07) is 13.3. The molecule has 1 aromatic heterocycles. The molecule has 0 atom stereocenters. The van der Waals surface area contributed by atoms with Gasteiger partial charge in [0, 0.05) is 28.7 Å². The number of nitrogens with one attached hydrogen (secondary N) is 1. The van der Waals surface area contributed by atoms with Gasteiger partial charge >= 0.3 is 0 Å². The molecule has 2 aromatic carbocycles. The van der Waals surface area contributed by atoms with Gasteiger partial charge in [-0.3, -0.25) is 4.79 Å². The van der Waals surface area contributed by atoms with Crippen LogP contribution in [-0.2, 0) is 6.54 Å². The highest BCUT2D eigenvalue weighted by molar-refractivity contribution is 5.94. The monoisotopic (exact) mass is 402 g/mol. The normalized spacial score (nSPS) is 13.7. The van der Waals surface area contributed by atoms with E-state index in [9.17, 15) is 9.18 Å². The molecule has 1 aliphatic rings. The molecule has 1 aliphatic carbocycles. The van der Waals surface area contributed by atoms with E-state index in [2.05, 4.69) is 22.3 Å². The molecule has 30 heavy (non-hydrogen) atoms. The molecule has 0 spiro atoms. The highest BCUT2D eigenvalue weighted by atomic mass is 19.1. The second-order valence-electron chi connectivity index (χ2n) is 7.65. The third-order valence-corrected chi connectivity index (χ3v) is 5.38. The molecule has 4 rings (SSSR count). The summed E-state index contributed by atoms with van der Waals surface area (Å²) < 4.78 is 18.3. The molecule has 0 bridgehead atoms. The Balaban J connectivity index is 1.37. The van der Waals surface area contributed by atoms with E-state index in [1.807, 2.05) is 19.1 Å². The second kappa shape index (κ2) is 8.96. The molecule has 0 aliphatic heterocycles. The van der Waals surface area contributed by atoms with Crippen molar-refractivity contribution in [2.24, 2.45) is 5.92 Å². The van der Waals surface area contributed by atoms with Gasteiger partial charge in [0.2, 0.25) is 0 Å². The van der Waals surface area contributed by atoms with Gasteiger partial charge in [0.15, 0.2) is 5.76 Å². The Morgan fingerprint density at radius 3 is 2.67 bits per heavy atom. The van der Waals surface area contributed by atoms with Gasteiger partial charge in [0.25, 0.3) is 5.91 Å². The first-order valence-electron chi connectivity index (χ1n) is 10.2. The zero-order chi connectivity index (χ0) is 20.9. The standard InChI is InChI=1S/C25H23FN2O2/c1-17-14-21(9-8-19(17)7-6-18-4-2-3-5-18)25(29)27-16-23-15-24(28-30-23)20-10-12-22(26)13-11-20/h8-15,18H,2-5,16H2,1H3,(H,27,29). The van der Waals surface area contributed by atoms with E-state index in [-0.39, 0.29) is 18.3 Å². The molecule has 5 heteroatoms. The summed E-state index contributed by atoms with van der Waals surface area (Å²) in [4.78, 5) is 12.5. The largest absolute Gasteiger partial charge is 0.359 e. The van der Waals surface area contributed by atoms with Gasteiger partial charge in [-0.15, -0.1) is 0 Å². The first-order valence-corrected chi connectivity index (χ1v) is 10.2. The van der Waals surface area contributed by atoms with Crippen molar-refractivity contribution in [3.8, 4) is 23.1 Å². The van der Waals surface area contributed by atoms with Crippen LogP contribution in [0.3, 0.4) is 0 Å². The third-order valence-electron chi connectivity index (χ3n) is 5.38. The smallest absolute Gasteiger partial charge is 0.251 e. The molecular formula is C25H23FN2O2. The summed E-state index contributed by atoms with van der Waals surface area (Å²) >= 11 is 0. The number of amides is 1. The van der Waals surface area contributed by atoms with Crippen molar-refractivity contribution >= 4 is 5.91 Å². The van der Waals surface area contributed by atoms with Gasteiger partial charge in [-0.25, -0.2) is 4.39 Å². The maximum Gasteiger partial charge on any atom is 0.251 e. The lowest BCUT2D eigenvalue weighted by Gasteiger charge is -2.05. The van der Waals surface area contributed by atoms with Gasteiger partial charge in [-0.05, 0) is 67.8 Å². The lowest BCUT2D eigenvalue weighted by Crippen LogP contribution is -2.22. The Labute approximate surface area is 175 Å². The molecule has 4 nitrogen and oxygen atoms in total. The highest BCUT2D eigenvalue weighted by Crippen LogP contribution is 2.24. The highest BCUT2D eigenvalue weighted by Gasteiger charge is 2.13. The molecule has 0 saturated heterocycles. The minimum absolute atomic E-state index is 0.187. The van der Waals surface area contributed by atoms with Crippen molar-refractivity contribution in [3.05, 3.63) is 76.8 Å². The van der Waals surface area contributed by atoms with Crippen molar-refractivity contribution in [1.82, 2.24) is 10.5 Å². The fraction of sp³-hybridized carbons (Fsp3) is 0.280. The van der Waals surface area contributed by atoms with Gasteiger partial charge < -0.3 is 9.84 Å². The van der Waals surface area contributed by atoms with E-state index in [0.717, 1.165) is 16.7 Å². The zero-order valence-corrected chi connectivity index (χ0v) is 16.9. The lowest BCUT2D eigenvalue weighted by atomic mass is 10.0. The number of nitrogens with zero attached hydrogens (tertiary/aromatic N) is 1. The fourth-order valence-electron chi connectivity index (χ4n) is 3.62. The Kier molecular flexibility index (Phi) is 5.94. The van der Waals surface area contributed by atoms with Crippen LogP contribution in [-0.4, -0.2) is 11.1 Å². The predicted octanol–water partition coefficient (Wildman–Crippen LogP) is 5.26. The Morgan fingerprint density at radius 2 is 1.93 bits per heavy atom. The van der Waals surface area contributed by atoms with Crippen molar-refractivity contribution < 1.29 is 13.7 Å². The summed E-state index contributed by atoms with van der Waals surface area (Å²) in [7, 11) is 0. The number of carbonyl (C=O) groups excluding carboxylic acids is 1. The molecule has 1 amide bonds. The van der Waals surface area contributed by atoms with Crippen molar-refractivity contribution in [1.29, 1.82) is 0 Å². The van der Waals surface area contributed by atoms with E-state index in [1.165, 1.54) is 37.8 Å². The Bertz CT molecular complexity index is 1100. The van der Waals surface area contributed by atoms with Crippen LogP contribution in [0.15, 0.2) is 53.1 Å². The molecule has 0 radical (unpaired) electrons. The van der Waals surface area contributed by atoms with E-state index < -0.39 is 0 Å². The molecular weight excluding hydrogens is 379 g/mol. The minimum atomic E-state index is -0.305. The minimum Gasteiger partial charge on any atom is -0.359 e. The first kappa shape index (κ1) is 19.9. The Morgan fingerprint density at radius 1 is 1.17 bits per heavy atom. The van der Waals surface area contributed by atoms with Gasteiger partial charge in [-0.1, -0.05) is 29.8 Å². The number of carbonyl (C=O) groups is 1. The van der Waals surface area contributed by atoms with Crippen LogP contribution in [0.5, 0.6) is 0 Å². The number of halogens is 1. The number of aryl methyl sites for hydroxylation is 1. The van der Waals surface area contributed by atoms with Crippen LogP contribution < -0.4 is 5.32 Å². The SMILES string of the molecule is Cc1cc(C(=O)NCc2cc(-c3ccc(F)cc3)no2)ccc1C#CC1CCCC1. The number of aromatic nitrogens is 1. The Hall–Kier alpha value is -3.39. The summed E-state index contributed by atoms with van der Waals surface area (Å²) in [5.41, 5.74) is 3.89. The molecule has 152 valence electrons. The third kappa shape index (κ3) is 4.77. The number of benzene rings is 2. The molecule has 1 N–H and O–H groups in total. The number of hydrogen-bond donors (Lipinski definition) is 1. The summed E-state index contributed by atoms with van der Waals surface area (Å²) in [6.07, 6.45) is 4.93. The van der Waals surface area contributed by atoms with Gasteiger partial charge in [0.1, 0.15) is 11.5 Å². The zero-order valence-electron chi connectivity index (χ0n) is 16.9.